The van der Waals surface area contributed by atoms with E-state index in [0.29, 0.717) is 18.9 Å². The minimum Gasteiger partial charge on any atom is -0.488 e. The largest absolute Gasteiger partial charge is 0.488 e. The first-order valence-electron chi connectivity index (χ1n) is 8.51. The highest BCUT2D eigenvalue weighted by Gasteiger charge is 2.16. The Morgan fingerprint density at radius 2 is 1.81 bits per heavy atom. The topological polar surface area (TPSA) is 93.7 Å². The number of nitrogens with one attached hydrogen (secondary N) is 2. The second-order valence-electron chi connectivity index (χ2n) is 5.76. The average molecular weight is 370 g/mol. The normalized spacial score (nSPS) is 10.0. The molecule has 0 saturated heterocycles. The lowest BCUT2D eigenvalue weighted by Crippen LogP contribution is -2.41. The number of ether oxygens (including phenoxy) is 2. The van der Waals surface area contributed by atoms with Gasteiger partial charge in [0.05, 0.1) is 0 Å². The summed E-state index contributed by atoms with van der Waals surface area (Å²) in [6.45, 7) is 3.81. The number of aryl methyl sites for hydroxylation is 1. The number of carbonyl (C=O) groups is 3. The Morgan fingerprint density at radius 1 is 1.04 bits per heavy atom. The fraction of sp³-hybridized carbons (Fsp3) is 0.250. The van der Waals surface area contributed by atoms with Gasteiger partial charge in [-0.2, -0.15) is 0 Å². The highest BCUT2D eigenvalue weighted by atomic mass is 16.5. The number of carbonyl (C=O) groups excluding carboxylic acids is 3. The summed E-state index contributed by atoms with van der Waals surface area (Å²) >= 11 is 0. The van der Waals surface area contributed by atoms with Crippen LogP contribution in [0.1, 0.15) is 28.4 Å². The molecule has 0 heterocycles. The zero-order valence-electron chi connectivity index (χ0n) is 15.3. The number of hydrogen-bond acceptors (Lipinski definition) is 5. The standard InChI is InChI=1S/C20H22N2O5/c1-3-21-20(25)22-18(23)13-27-19(24)16-9-4-5-10-17(16)26-12-15-8-6-7-14(2)11-15/h4-11H,3,12-13H2,1-2H3,(H2,21,22,23,25). The first-order chi connectivity index (χ1) is 13.0. The summed E-state index contributed by atoms with van der Waals surface area (Å²) in [5, 5.41) is 4.47. The van der Waals surface area contributed by atoms with Crippen LogP contribution in [0.15, 0.2) is 48.5 Å². The fourth-order valence-corrected chi connectivity index (χ4v) is 2.30. The van der Waals surface area contributed by atoms with Crippen LogP contribution in [-0.4, -0.2) is 31.1 Å². The number of amides is 3. The van der Waals surface area contributed by atoms with Gasteiger partial charge in [-0.15, -0.1) is 0 Å². The number of hydrogen-bond donors (Lipinski definition) is 2. The van der Waals surface area contributed by atoms with Crippen LogP contribution in [0.3, 0.4) is 0 Å². The molecule has 0 saturated carbocycles. The maximum absolute atomic E-state index is 12.3. The van der Waals surface area contributed by atoms with Crippen LogP contribution >= 0.6 is 0 Å². The van der Waals surface area contributed by atoms with Crippen LogP contribution in [0.4, 0.5) is 4.79 Å². The van der Waals surface area contributed by atoms with Crippen molar-refractivity contribution in [2.24, 2.45) is 0 Å². The van der Waals surface area contributed by atoms with Crippen molar-refractivity contribution in [2.75, 3.05) is 13.2 Å². The SMILES string of the molecule is CCNC(=O)NC(=O)COC(=O)c1ccccc1OCc1cccc(C)c1. The van der Waals surface area contributed by atoms with Crippen LogP contribution in [0.2, 0.25) is 0 Å². The molecule has 7 nitrogen and oxygen atoms in total. The molecule has 0 fully saturated rings. The smallest absolute Gasteiger partial charge is 0.342 e. The van der Waals surface area contributed by atoms with Crippen molar-refractivity contribution in [3.05, 3.63) is 65.2 Å². The van der Waals surface area contributed by atoms with Crippen LogP contribution in [0.5, 0.6) is 5.75 Å². The second-order valence-corrected chi connectivity index (χ2v) is 5.76. The van der Waals surface area contributed by atoms with Crippen LogP contribution in [-0.2, 0) is 16.1 Å². The van der Waals surface area contributed by atoms with E-state index in [1.807, 2.05) is 31.2 Å². The molecule has 2 rings (SSSR count). The Bertz CT molecular complexity index is 820. The van der Waals surface area contributed by atoms with E-state index in [2.05, 4.69) is 10.6 Å². The Kier molecular flexibility index (Phi) is 7.37. The number of urea groups is 1. The molecule has 3 amide bonds. The molecule has 0 aliphatic rings. The molecule has 0 aliphatic carbocycles. The van der Waals surface area contributed by atoms with Gasteiger partial charge in [0.15, 0.2) is 6.61 Å². The van der Waals surface area contributed by atoms with Crippen LogP contribution < -0.4 is 15.4 Å². The second kappa shape index (κ2) is 9.96. The van der Waals surface area contributed by atoms with Gasteiger partial charge < -0.3 is 14.8 Å². The molecule has 142 valence electrons. The molecule has 0 bridgehead atoms. The average Bonchev–Trinajstić information content (AvgIpc) is 2.65. The van der Waals surface area contributed by atoms with E-state index < -0.39 is 24.5 Å². The zero-order chi connectivity index (χ0) is 19.6. The van der Waals surface area contributed by atoms with Gasteiger partial charge in [0.2, 0.25) is 0 Å². The van der Waals surface area contributed by atoms with E-state index in [4.69, 9.17) is 9.47 Å². The molecular weight excluding hydrogens is 348 g/mol. The van der Waals surface area contributed by atoms with Gasteiger partial charge in [0.1, 0.15) is 17.9 Å². The van der Waals surface area contributed by atoms with Gasteiger partial charge in [-0.05, 0) is 31.5 Å². The number of para-hydroxylation sites is 1. The fourth-order valence-electron chi connectivity index (χ4n) is 2.30. The predicted octanol–water partition coefficient (Wildman–Crippen LogP) is 2.58. The first kappa shape index (κ1) is 20.0. The Balaban J connectivity index is 1.94. The van der Waals surface area contributed by atoms with Crippen molar-refractivity contribution in [1.82, 2.24) is 10.6 Å². The number of rotatable bonds is 7. The van der Waals surface area contributed by atoms with E-state index in [9.17, 15) is 14.4 Å². The van der Waals surface area contributed by atoms with Crippen molar-refractivity contribution < 1.29 is 23.9 Å². The third kappa shape index (κ3) is 6.47. The van der Waals surface area contributed by atoms with Crippen LogP contribution in [0.25, 0.3) is 0 Å². The van der Waals surface area contributed by atoms with Gasteiger partial charge in [0.25, 0.3) is 5.91 Å². The lowest BCUT2D eigenvalue weighted by atomic mass is 10.1. The van der Waals surface area contributed by atoms with E-state index in [0.717, 1.165) is 11.1 Å². The lowest BCUT2D eigenvalue weighted by molar-refractivity contribution is -0.123. The third-order valence-corrected chi connectivity index (χ3v) is 3.51. The monoisotopic (exact) mass is 370 g/mol. The van der Waals surface area contributed by atoms with Gasteiger partial charge in [-0.1, -0.05) is 42.0 Å². The molecule has 0 unspecified atom stereocenters. The van der Waals surface area contributed by atoms with Crippen molar-refractivity contribution in [3.63, 3.8) is 0 Å². The maximum Gasteiger partial charge on any atom is 0.342 e. The first-order valence-corrected chi connectivity index (χ1v) is 8.51. The van der Waals surface area contributed by atoms with E-state index >= 15 is 0 Å². The molecule has 2 aromatic carbocycles. The predicted molar refractivity (Wildman–Crippen MR) is 99.5 cm³/mol. The van der Waals surface area contributed by atoms with Gasteiger partial charge in [-0.25, -0.2) is 9.59 Å². The molecular formula is C20H22N2O5. The Hall–Kier alpha value is -3.35. The quantitative estimate of drug-likeness (QED) is 0.731. The van der Waals surface area contributed by atoms with Crippen LogP contribution in [0, 0.1) is 6.92 Å². The highest BCUT2D eigenvalue weighted by molar-refractivity contribution is 5.97. The molecule has 0 aliphatic heterocycles. The van der Waals surface area contributed by atoms with E-state index in [-0.39, 0.29) is 5.56 Å². The minimum atomic E-state index is -0.715. The molecule has 0 spiro atoms. The van der Waals surface area contributed by atoms with E-state index in [1.54, 1.807) is 31.2 Å². The third-order valence-electron chi connectivity index (χ3n) is 3.51. The van der Waals surface area contributed by atoms with Gasteiger partial charge in [0, 0.05) is 6.54 Å². The van der Waals surface area contributed by atoms with Crippen molar-refractivity contribution in [1.29, 1.82) is 0 Å². The molecule has 27 heavy (non-hydrogen) atoms. The number of imide groups is 1. The summed E-state index contributed by atoms with van der Waals surface area (Å²) < 4.78 is 10.7. The molecule has 0 atom stereocenters. The summed E-state index contributed by atoms with van der Waals surface area (Å²) in [5.41, 5.74) is 2.29. The minimum absolute atomic E-state index is 0.205. The molecule has 2 aromatic rings. The molecule has 2 N–H and O–H groups in total. The van der Waals surface area contributed by atoms with E-state index in [1.165, 1.54) is 0 Å². The maximum atomic E-state index is 12.3. The molecule has 0 radical (unpaired) electrons. The highest BCUT2D eigenvalue weighted by Crippen LogP contribution is 2.20. The zero-order valence-corrected chi connectivity index (χ0v) is 15.3. The van der Waals surface area contributed by atoms with Gasteiger partial charge >= 0.3 is 12.0 Å². The summed E-state index contributed by atoms with van der Waals surface area (Å²) in [4.78, 5) is 35.1. The molecule has 0 aromatic heterocycles. The summed E-state index contributed by atoms with van der Waals surface area (Å²) in [6.07, 6.45) is 0. The van der Waals surface area contributed by atoms with Crippen molar-refractivity contribution in [2.45, 2.75) is 20.5 Å². The van der Waals surface area contributed by atoms with Crippen molar-refractivity contribution >= 4 is 17.9 Å². The Morgan fingerprint density at radius 3 is 2.56 bits per heavy atom. The number of benzene rings is 2. The van der Waals surface area contributed by atoms with Crippen molar-refractivity contribution in [3.8, 4) is 5.75 Å². The summed E-state index contributed by atoms with van der Waals surface area (Å²) in [5.74, 6) is -1.07. The summed E-state index contributed by atoms with van der Waals surface area (Å²) in [6, 6.07) is 13.8. The lowest BCUT2D eigenvalue weighted by Gasteiger charge is -2.11. The molecule has 7 heteroatoms. The van der Waals surface area contributed by atoms with Gasteiger partial charge in [-0.3, -0.25) is 10.1 Å². The number of esters is 1. The Labute approximate surface area is 157 Å². The summed E-state index contributed by atoms with van der Waals surface area (Å²) in [7, 11) is 0.